The lowest BCUT2D eigenvalue weighted by Gasteiger charge is -2.19. The molecule has 2 rings (SSSR count). The molecule has 0 fully saturated rings. The zero-order chi connectivity index (χ0) is 15.8. The molecule has 0 aliphatic carbocycles. The van der Waals surface area contributed by atoms with Crippen molar-refractivity contribution in [1.82, 2.24) is 5.32 Å². The van der Waals surface area contributed by atoms with E-state index >= 15 is 0 Å². The van der Waals surface area contributed by atoms with Gasteiger partial charge in [-0.25, -0.2) is 4.39 Å². The van der Waals surface area contributed by atoms with Crippen molar-refractivity contribution in [1.29, 1.82) is 0 Å². The molecule has 0 radical (unpaired) electrons. The summed E-state index contributed by atoms with van der Waals surface area (Å²) in [5.41, 5.74) is 1.58. The molecule has 1 amide bonds. The fourth-order valence-corrected chi connectivity index (χ4v) is 2.23. The Balaban J connectivity index is 1.68. The molecule has 0 heterocycles. The summed E-state index contributed by atoms with van der Waals surface area (Å²) in [6.45, 7) is 1.44. The van der Waals surface area contributed by atoms with Crippen LogP contribution in [-0.2, 0) is 11.2 Å². The maximum atomic E-state index is 13.4. The predicted octanol–water partition coefficient (Wildman–Crippen LogP) is 3.01. The molecule has 0 aliphatic rings. The second kappa shape index (κ2) is 8.17. The van der Waals surface area contributed by atoms with Crippen LogP contribution in [0.3, 0.4) is 0 Å². The Morgan fingerprint density at radius 2 is 1.77 bits per heavy atom. The second-order valence-electron chi connectivity index (χ2n) is 5.23. The normalized spacial score (nSPS) is 10.3. The SMILES string of the molecule is CN(CCCNC(=O)Cc1ccccc1F)c1ccccc1. The summed E-state index contributed by atoms with van der Waals surface area (Å²) < 4.78 is 13.4. The number of carbonyl (C=O) groups is 1. The van der Waals surface area contributed by atoms with E-state index in [1.54, 1.807) is 18.2 Å². The summed E-state index contributed by atoms with van der Waals surface area (Å²) in [6, 6.07) is 16.5. The Morgan fingerprint density at radius 3 is 2.50 bits per heavy atom. The minimum atomic E-state index is -0.332. The first kappa shape index (κ1) is 16.0. The summed E-state index contributed by atoms with van der Waals surface area (Å²) in [5, 5.41) is 2.83. The molecule has 2 aromatic rings. The molecule has 22 heavy (non-hydrogen) atoms. The van der Waals surface area contributed by atoms with Crippen molar-refractivity contribution in [2.75, 3.05) is 25.0 Å². The van der Waals surface area contributed by atoms with Gasteiger partial charge in [-0.3, -0.25) is 4.79 Å². The highest BCUT2D eigenvalue weighted by atomic mass is 19.1. The largest absolute Gasteiger partial charge is 0.375 e. The Hall–Kier alpha value is -2.36. The van der Waals surface area contributed by atoms with Gasteiger partial charge in [-0.2, -0.15) is 0 Å². The molecule has 2 aromatic carbocycles. The van der Waals surface area contributed by atoms with Crippen LogP contribution in [-0.4, -0.2) is 26.0 Å². The van der Waals surface area contributed by atoms with E-state index in [0.717, 1.165) is 18.7 Å². The lowest BCUT2D eigenvalue weighted by Crippen LogP contribution is -2.29. The second-order valence-corrected chi connectivity index (χ2v) is 5.23. The molecule has 1 N–H and O–H groups in total. The van der Waals surface area contributed by atoms with Crippen LogP contribution < -0.4 is 10.2 Å². The van der Waals surface area contributed by atoms with Crippen LogP contribution in [0, 0.1) is 5.82 Å². The average Bonchev–Trinajstić information content (AvgIpc) is 2.54. The van der Waals surface area contributed by atoms with Crippen molar-refractivity contribution in [3.8, 4) is 0 Å². The van der Waals surface area contributed by atoms with E-state index in [1.165, 1.54) is 6.07 Å². The van der Waals surface area contributed by atoms with Crippen LogP contribution >= 0.6 is 0 Å². The van der Waals surface area contributed by atoms with Gasteiger partial charge in [-0.05, 0) is 30.2 Å². The minimum absolute atomic E-state index is 0.0845. The summed E-state index contributed by atoms with van der Waals surface area (Å²) >= 11 is 0. The monoisotopic (exact) mass is 300 g/mol. The molecule has 4 heteroatoms. The van der Waals surface area contributed by atoms with Crippen molar-refractivity contribution < 1.29 is 9.18 Å². The number of rotatable bonds is 7. The standard InChI is InChI=1S/C18H21FN2O/c1-21(16-9-3-2-4-10-16)13-7-12-20-18(22)14-15-8-5-6-11-17(15)19/h2-6,8-11H,7,12-14H2,1H3,(H,20,22). The first-order chi connectivity index (χ1) is 10.7. The van der Waals surface area contributed by atoms with Crippen LogP contribution in [0.4, 0.5) is 10.1 Å². The lowest BCUT2D eigenvalue weighted by molar-refractivity contribution is -0.120. The number of nitrogens with zero attached hydrogens (tertiary/aromatic N) is 1. The molecule has 116 valence electrons. The van der Waals surface area contributed by atoms with Gasteiger partial charge < -0.3 is 10.2 Å². The van der Waals surface area contributed by atoms with Crippen molar-refractivity contribution in [2.24, 2.45) is 0 Å². The van der Waals surface area contributed by atoms with Crippen molar-refractivity contribution in [2.45, 2.75) is 12.8 Å². The fourth-order valence-electron chi connectivity index (χ4n) is 2.23. The maximum Gasteiger partial charge on any atom is 0.224 e. The summed E-state index contributed by atoms with van der Waals surface area (Å²) in [4.78, 5) is 13.9. The van der Waals surface area contributed by atoms with Gasteiger partial charge in [0.2, 0.25) is 5.91 Å². The van der Waals surface area contributed by atoms with Crippen LogP contribution in [0.1, 0.15) is 12.0 Å². The fraction of sp³-hybridized carbons (Fsp3) is 0.278. The minimum Gasteiger partial charge on any atom is -0.375 e. The molecule has 0 aromatic heterocycles. The third-order valence-corrected chi connectivity index (χ3v) is 3.50. The molecule has 0 saturated heterocycles. The molecule has 0 unspecified atom stereocenters. The first-order valence-electron chi connectivity index (χ1n) is 7.43. The van der Waals surface area contributed by atoms with Crippen molar-refractivity contribution >= 4 is 11.6 Å². The molecule has 0 atom stereocenters. The summed E-state index contributed by atoms with van der Waals surface area (Å²) in [5.74, 6) is -0.478. The summed E-state index contributed by atoms with van der Waals surface area (Å²) in [6.07, 6.45) is 0.926. The summed E-state index contributed by atoms with van der Waals surface area (Å²) in [7, 11) is 2.02. The van der Waals surface area contributed by atoms with E-state index < -0.39 is 0 Å². The van der Waals surface area contributed by atoms with Crippen LogP contribution in [0.5, 0.6) is 0 Å². The molecular weight excluding hydrogens is 279 g/mol. The number of para-hydroxylation sites is 1. The Labute approximate surface area is 130 Å². The number of anilines is 1. The van der Waals surface area contributed by atoms with E-state index in [-0.39, 0.29) is 18.1 Å². The highest BCUT2D eigenvalue weighted by Crippen LogP contribution is 2.10. The molecule has 0 saturated carbocycles. The zero-order valence-corrected chi connectivity index (χ0v) is 12.8. The van der Waals surface area contributed by atoms with Gasteiger partial charge in [-0.15, -0.1) is 0 Å². The van der Waals surface area contributed by atoms with Gasteiger partial charge in [0.25, 0.3) is 0 Å². The number of amides is 1. The van der Waals surface area contributed by atoms with E-state index in [2.05, 4.69) is 22.3 Å². The van der Waals surface area contributed by atoms with Crippen molar-refractivity contribution in [3.63, 3.8) is 0 Å². The van der Waals surface area contributed by atoms with E-state index in [1.807, 2.05) is 25.2 Å². The third kappa shape index (κ3) is 4.88. The Bertz CT molecular complexity index is 601. The van der Waals surface area contributed by atoms with Crippen LogP contribution in [0.25, 0.3) is 0 Å². The topological polar surface area (TPSA) is 32.3 Å². The average molecular weight is 300 g/mol. The highest BCUT2D eigenvalue weighted by Gasteiger charge is 2.07. The lowest BCUT2D eigenvalue weighted by atomic mass is 10.1. The smallest absolute Gasteiger partial charge is 0.224 e. The van der Waals surface area contributed by atoms with Gasteiger partial charge >= 0.3 is 0 Å². The van der Waals surface area contributed by atoms with Gasteiger partial charge in [-0.1, -0.05) is 36.4 Å². The highest BCUT2D eigenvalue weighted by molar-refractivity contribution is 5.78. The van der Waals surface area contributed by atoms with E-state index in [0.29, 0.717) is 12.1 Å². The molecular formula is C18H21FN2O. The van der Waals surface area contributed by atoms with Crippen molar-refractivity contribution in [3.05, 3.63) is 66.0 Å². The van der Waals surface area contributed by atoms with Gasteiger partial charge in [0, 0.05) is 25.8 Å². The van der Waals surface area contributed by atoms with Crippen LogP contribution in [0.15, 0.2) is 54.6 Å². The number of hydrogen-bond donors (Lipinski definition) is 1. The van der Waals surface area contributed by atoms with Gasteiger partial charge in [0.1, 0.15) is 5.82 Å². The quantitative estimate of drug-likeness (QED) is 0.797. The third-order valence-electron chi connectivity index (χ3n) is 3.50. The molecule has 0 bridgehead atoms. The number of nitrogens with one attached hydrogen (secondary N) is 1. The molecule has 0 spiro atoms. The Morgan fingerprint density at radius 1 is 1.09 bits per heavy atom. The maximum absolute atomic E-state index is 13.4. The van der Waals surface area contributed by atoms with E-state index in [9.17, 15) is 9.18 Å². The number of benzene rings is 2. The molecule has 3 nitrogen and oxygen atoms in total. The Kier molecular flexibility index (Phi) is 5.95. The number of hydrogen-bond acceptors (Lipinski definition) is 2. The van der Waals surface area contributed by atoms with E-state index in [4.69, 9.17) is 0 Å². The van der Waals surface area contributed by atoms with Crippen LogP contribution in [0.2, 0.25) is 0 Å². The number of carbonyl (C=O) groups excluding carboxylic acids is 1. The first-order valence-corrected chi connectivity index (χ1v) is 7.43. The zero-order valence-electron chi connectivity index (χ0n) is 12.8. The molecule has 0 aliphatic heterocycles. The number of halogens is 1. The predicted molar refractivity (Wildman–Crippen MR) is 87.4 cm³/mol. The van der Waals surface area contributed by atoms with Gasteiger partial charge in [0.15, 0.2) is 0 Å². The van der Waals surface area contributed by atoms with Gasteiger partial charge in [0.05, 0.1) is 6.42 Å².